The molecule has 2 heterocycles. The Hall–Kier alpha value is -3.25. The molecule has 0 aliphatic carbocycles. The van der Waals surface area contributed by atoms with E-state index < -0.39 is 0 Å². The molecule has 1 fully saturated rings. The lowest BCUT2D eigenvalue weighted by Crippen LogP contribution is -2.50. The van der Waals surface area contributed by atoms with Crippen LogP contribution in [-0.2, 0) is 17.1 Å². The van der Waals surface area contributed by atoms with Crippen molar-refractivity contribution in [2.45, 2.75) is 63.6 Å². The second-order valence-corrected chi connectivity index (χ2v) is 14.0. The van der Waals surface area contributed by atoms with Crippen LogP contribution in [-0.4, -0.2) is 76.4 Å². The number of aryl methyl sites for hydroxylation is 1. The van der Waals surface area contributed by atoms with Gasteiger partial charge in [-0.1, -0.05) is 43.4 Å². The number of hydrogen-bond donors (Lipinski definition) is 3. The molecule has 2 aromatic carbocycles. The maximum Gasteiger partial charge on any atom is 0.257 e. The highest BCUT2D eigenvalue weighted by atomic mass is 32.2. The maximum absolute atomic E-state index is 13.4. The maximum atomic E-state index is 13.4. The van der Waals surface area contributed by atoms with Crippen LogP contribution in [0.3, 0.4) is 0 Å². The van der Waals surface area contributed by atoms with Crippen molar-refractivity contribution in [2.24, 2.45) is 5.92 Å². The number of carbonyl (C=O) groups excluding carboxylic acids is 3. The number of nitrogens with one attached hydrogen (secondary N) is 2. The Labute approximate surface area is 268 Å². The lowest BCUT2D eigenvalue weighted by molar-refractivity contribution is -0.130. The quantitative estimate of drug-likeness (QED) is 0.237. The van der Waals surface area contributed by atoms with Crippen LogP contribution in [0.2, 0.25) is 0 Å². The van der Waals surface area contributed by atoms with Gasteiger partial charge in [0.1, 0.15) is 0 Å². The molecule has 0 spiro atoms. The number of aromatic nitrogens is 1. The SMILES string of the molecule is CC(=O)N1CCN(C(=O)c2cc(CSc3cnc(NC(=O)c4ccc(CN[C@H](CO)CC(C)C)cc4)s3)cc(C)c2C)CC1. The number of nitrogens with zero attached hydrogens (tertiary/aromatic N) is 3. The van der Waals surface area contributed by atoms with E-state index >= 15 is 0 Å². The Balaban J connectivity index is 1.31. The molecule has 0 bridgehead atoms. The summed E-state index contributed by atoms with van der Waals surface area (Å²) in [5.74, 6) is 0.997. The molecule has 3 N–H and O–H groups in total. The first-order chi connectivity index (χ1) is 21.0. The summed E-state index contributed by atoms with van der Waals surface area (Å²) in [7, 11) is 0. The molecule has 1 atom stereocenters. The molecule has 3 amide bonds. The number of rotatable bonds is 12. The van der Waals surface area contributed by atoms with Crippen LogP contribution in [0.4, 0.5) is 5.13 Å². The van der Waals surface area contributed by atoms with E-state index in [4.69, 9.17) is 0 Å². The summed E-state index contributed by atoms with van der Waals surface area (Å²) in [6.07, 6.45) is 2.66. The normalized spacial score (nSPS) is 14.2. The average Bonchev–Trinajstić information content (AvgIpc) is 3.46. The van der Waals surface area contributed by atoms with Crippen molar-refractivity contribution in [1.82, 2.24) is 20.1 Å². The van der Waals surface area contributed by atoms with E-state index in [1.54, 1.807) is 41.9 Å². The van der Waals surface area contributed by atoms with E-state index in [1.165, 1.54) is 11.3 Å². The summed E-state index contributed by atoms with van der Waals surface area (Å²) in [6, 6.07) is 11.6. The zero-order valence-electron chi connectivity index (χ0n) is 26.2. The van der Waals surface area contributed by atoms with E-state index in [-0.39, 0.29) is 30.4 Å². The molecule has 1 saturated heterocycles. The lowest BCUT2D eigenvalue weighted by atomic mass is 9.99. The molecule has 0 saturated carbocycles. The van der Waals surface area contributed by atoms with Crippen LogP contribution >= 0.6 is 23.1 Å². The summed E-state index contributed by atoms with van der Waals surface area (Å²) in [5, 5.41) is 16.4. The zero-order valence-corrected chi connectivity index (χ0v) is 27.8. The van der Waals surface area contributed by atoms with Gasteiger partial charge in [-0.15, -0.1) is 11.8 Å². The number of anilines is 1. The number of aliphatic hydroxyl groups excluding tert-OH is 1. The summed E-state index contributed by atoms with van der Waals surface area (Å²) >= 11 is 3.04. The number of hydrogen-bond acceptors (Lipinski definition) is 8. The number of aliphatic hydroxyl groups is 1. The molecule has 1 aromatic heterocycles. The minimum atomic E-state index is -0.218. The highest BCUT2D eigenvalue weighted by molar-refractivity contribution is 8.00. The molecule has 4 rings (SSSR count). The predicted octanol–water partition coefficient (Wildman–Crippen LogP) is 5.11. The second-order valence-electron chi connectivity index (χ2n) is 11.7. The van der Waals surface area contributed by atoms with E-state index in [9.17, 15) is 19.5 Å². The number of amides is 3. The average molecular weight is 638 g/mol. The van der Waals surface area contributed by atoms with Crippen LogP contribution < -0.4 is 10.6 Å². The number of benzene rings is 2. The highest BCUT2D eigenvalue weighted by Crippen LogP contribution is 2.32. The van der Waals surface area contributed by atoms with Gasteiger partial charge in [0.05, 0.1) is 17.0 Å². The van der Waals surface area contributed by atoms with Gasteiger partial charge in [-0.2, -0.15) is 0 Å². The van der Waals surface area contributed by atoms with Crippen LogP contribution in [0.25, 0.3) is 0 Å². The molecule has 1 aliphatic heterocycles. The highest BCUT2D eigenvalue weighted by Gasteiger charge is 2.25. The largest absolute Gasteiger partial charge is 0.395 e. The van der Waals surface area contributed by atoms with Gasteiger partial charge in [0.25, 0.3) is 11.8 Å². The van der Waals surface area contributed by atoms with Crippen LogP contribution in [0.5, 0.6) is 0 Å². The molecule has 9 nitrogen and oxygen atoms in total. The summed E-state index contributed by atoms with van der Waals surface area (Å²) in [5.41, 5.74) is 5.39. The van der Waals surface area contributed by atoms with Gasteiger partial charge in [-0.25, -0.2) is 4.98 Å². The lowest BCUT2D eigenvalue weighted by Gasteiger charge is -2.34. The first-order valence-electron chi connectivity index (χ1n) is 15.0. The fraction of sp³-hybridized carbons (Fsp3) is 0.455. The molecule has 0 unspecified atom stereocenters. The van der Waals surface area contributed by atoms with Crippen LogP contribution in [0.15, 0.2) is 46.8 Å². The predicted molar refractivity (Wildman–Crippen MR) is 177 cm³/mol. The molecule has 0 radical (unpaired) electrons. The van der Waals surface area contributed by atoms with Gasteiger partial charge >= 0.3 is 0 Å². The Morgan fingerprint density at radius 2 is 1.70 bits per heavy atom. The van der Waals surface area contributed by atoms with Crippen molar-refractivity contribution in [1.29, 1.82) is 0 Å². The smallest absolute Gasteiger partial charge is 0.257 e. The third-order valence-electron chi connectivity index (χ3n) is 7.84. The van der Waals surface area contributed by atoms with Gasteiger partial charge < -0.3 is 20.2 Å². The molecule has 3 aromatic rings. The van der Waals surface area contributed by atoms with Crippen molar-refractivity contribution < 1.29 is 19.5 Å². The van der Waals surface area contributed by atoms with Gasteiger partial charge in [0.15, 0.2) is 5.13 Å². The van der Waals surface area contributed by atoms with Gasteiger partial charge in [-0.3, -0.25) is 19.7 Å². The Morgan fingerprint density at radius 3 is 2.34 bits per heavy atom. The Morgan fingerprint density at radius 1 is 1.02 bits per heavy atom. The molecule has 1 aliphatic rings. The molecule has 11 heteroatoms. The molecule has 236 valence electrons. The van der Waals surface area contributed by atoms with Gasteiger partial charge in [-0.05, 0) is 66.6 Å². The van der Waals surface area contributed by atoms with Crippen LogP contribution in [0, 0.1) is 19.8 Å². The zero-order chi connectivity index (χ0) is 31.8. The fourth-order valence-electron chi connectivity index (χ4n) is 5.17. The molecule has 44 heavy (non-hydrogen) atoms. The topological polar surface area (TPSA) is 115 Å². The standard InChI is InChI=1S/C33H43N5O4S2/c1-21(2)14-28(19-39)34-17-25-6-8-27(9-7-25)31(41)36-33-35-18-30(44-33)43-20-26-15-22(3)23(4)29(16-26)32(42)38-12-10-37(11-13-38)24(5)40/h6-9,15-16,18,21,28,34,39H,10-14,17,19-20H2,1-5H3,(H,35,36,41)/t28-/m0/s1. The van der Waals surface area contributed by atoms with Crippen LogP contribution in [0.1, 0.15) is 70.2 Å². The fourth-order valence-corrected chi connectivity index (χ4v) is 6.97. The minimum absolute atomic E-state index is 0.00761. The third-order valence-corrected chi connectivity index (χ3v) is 10.0. The Bertz CT molecular complexity index is 1450. The number of carbonyl (C=O) groups is 3. The van der Waals surface area contributed by atoms with Gasteiger partial charge in [0.2, 0.25) is 5.91 Å². The van der Waals surface area contributed by atoms with Gasteiger partial charge in [0, 0.05) is 62.6 Å². The van der Waals surface area contributed by atoms with Crippen molar-refractivity contribution in [3.8, 4) is 0 Å². The number of thioether (sulfide) groups is 1. The monoisotopic (exact) mass is 637 g/mol. The van der Waals surface area contributed by atoms with E-state index in [1.807, 2.05) is 36.9 Å². The number of thiazole rings is 1. The Kier molecular flexibility index (Phi) is 12.0. The third kappa shape index (κ3) is 9.13. The summed E-state index contributed by atoms with van der Waals surface area (Å²) in [4.78, 5) is 45.9. The van der Waals surface area contributed by atoms with Crippen molar-refractivity contribution in [2.75, 3.05) is 38.1 Å². The first-order valence-corrected chi connectivity index (χ1v) is 16.8. The van der Waals surface area contributed by atoms with E-state index in [2.05, 4.69) is 35.5 Å². The summed E-state index contributed by atoms with van der Waals surface area (Å²) in [6.45, 7) is 12.8. The summed E-state index contributed by atoms with van der Waals surface area (Å²) < 4.78 is 0.966. The van der Waals surface area contributed by atoms with E-state index in [0.29, 0.717) is 60.7 Å². The van der Waals surface area contributed by atoms with Crippen molar-refractivity contribution in [3.05, 3.63) is 76.0 Å². The van der Waals surface area contributed by atoms with E-state index in [0.717, 1.165) is 32.9 Å². The second kappa shape index (κ2) is 15.7. The van der Waals surface area contributed by atoms with Crippen molar-refractivity contribution >= 4 is 46.0 Å². The van der Waals surface area contributed by atoms with Crippen molar-refractivity contribution in [3.63, 3.8) is 0 Å². The first kappa shape index (κ1) is 33.6. The number of piperazine rings is 1. The minimum Gasteiger partial charge on any atom is -0.395 e. The molecular formula is C33H43N5O4S2. The molecular weight excluding hydrogens is 595 g/mol.